The van der Waals surface area contributed by atoms with Gasteiger partial charge in [-0.25, -0.2) is 0 Å². The molecule has 0 fully saturated rings. The summed E-state index contributed by atoms with van der Waals surface area (Å²) in [6.07, 6.45) is 0. The summed E-state index contributed by atoms with van der Waals surface area (Å²) in [4.78, 5) is 0. The van der Waals surface area contributed by atoms with Gasteiger partial charge >= 0.3 is 0 Å². The Bertz CT molecular complexity index is 909. The van der Waals surface area contributed by atoms with Crippen molar-refractivity contribution in [3.8, 4) is 0 Å². The first-order valence-corrected chi connectivity index (χ1v) is 12.0. The van der Waals surface area contributed by atoms with Crippen molar-refractivity contribution in [3.05, 3.63) is 81.9 Å². The van der Waals surface area contributed by atoms with E-state index >= 15 is 0 Å². The number of benzene rings is 3. The van der Waals surface area contributed by atoms with Crippen LogP contribution in [0.25, 0.3) is 10.8 Å². The molecule has 140 valence electrons. The summed E-state index contributed by atoms with van der Waals surface area (Å²) in [6.45, 7) is 9.29. The summed E-state index contributed by atoms with van der Waals surface area (Å²) in [7, 11) is 0. The third-order valence-electron chi connectivity index (χ3n) is 5.51. The van der Waals surface area contributed by atoms with Crippen LogP contribution in [0.3, 0.4) is 0 Å². The smallest absolute Gasteiger partial charge is 0.0190 e. The fourth-order valence-corrected chi connectivity index (χ4v) is 5.73. The molecule has 6 bridgehead atoms. The maximum Gasteiger partial charge on any atom is 0.0190 e. The van der Waals surface area contributed by atoms with Crippen molar-refractivity contribution in [2.75, 3.05) is 0 Å². The summed E-state index contributed by atoms with van der Waals surface area (Å²) < 4.78 is 0. The third kappa shape index (κ3) is 4.22. The monoisotopic (exact) mass is 392 g/mol. The van der Waals surface area contributed by atoms with Gasteiger partial charge in [-0.3, -0.25) is 0 Å². The van der Waals surface area contributed by atoms with E-state index in [-0.39, 0.29) is 5.41 Å². The highest BCUT2D eigenvalue weighted by molar-refractivity contribution is 7.98. The van der Waals surface area contributed by atoms with E-state index in [0.29, 0.717) is 0 Å². The molecular weight excluding hydrogens is 364 g/mol. The second kappa shape index (κ2) is 7.56. The molecule has 0 aliphatic carbocycles. The van der Waals surface area contributed by atoms with E-state index in [1.807, 2.05) is 23.5 Å². The van der Waals surface area contributed by atoms with Crippen LogP contribution in [0.15, 0.2) is 48.5 Å². The Labute approximate surface area is 172 Å². The summed E-state index contributed by atoms with van der Waals surface area (Å²) in [5.41, 5.74) is 9.02. The summed E-state index contributed by atoms with van der Waals surface area (Å²) in [5.74, 6) is 4.32. The molecule has 6 rings (SSSR count). The second-order valence-electron chi connectivity index (χ2n) is 8.67. The van der Waals surface area contributed by atoms with E-state index in [4.69, 9.17) is 0 Å². The SMILES string of the molecule is Cc1c2cc(C(C)(C)C)cc1CSCc1ccc3cc(ccc3c1)CSC2. The van der Waals surface area contributed by atoms with Gasteiger partial charge in [0.05, 0.1) is 0 Å². The van der Waals surface area contributed by atoms with Gasteiger partial charge in [-0.2, -0.15) is 23.5 Å². The summed E-state index contributed by atoms with van der Waals surface area (Å²) in [6, 6.07) is 18.8. The van der Waals surface area contributed by atoms with Crippen LogP contribution >= 0.6 is 23.5 Å². The van der Waals surface area contributed by atoms with Crippen molar-refractivity contribution in [2.45, 2.75) is 56.1 Å². The van der Waals surface area contributed by atoms with Crippen LogP contribution in [-0.4, -0.2) is 0 Å². The van der Waals surface area contributed by atoms with Crippen molar-refractivity contribution in [2.24, 2.45) is 0 Å². The number of hydrogen-bond donors (Lipinski definition) is 0. The molecule has 0 saturated heterocycles. The first kappa shape index (κ1) is 19.0. The topological polar surface area (TPSA) is 0 Å². The molecule has 3 aliphatic heterocycles. The van der Waals surface area contributed by atoms with Gasteiger partial charge in [-0.05, 0) is 56.5 Å². The Balaban J connectivity index is 1.74. The fourth-order valence-electron chi connectivity index (χ4n) is 3.65. The van der Waals surface area contributed by atoms with Crippen LogP contribution < -0.4 is 0 Å². The molecule has 0 spiro atoms. The van der Waals surface area contributed by atoms with Gasteiger partial charge in [0, 0.05) is 23.0 Å². The molecule has 0 amide bonds. The molecule has 0 N–H and O–H groups in total. The lowest BCUT2D eigenvalue weighted by molar-refractivity contribution is 0.588. The highest BCUT2D eigenvalue weighted by Gasteiger charge is 2.18. The average molecular weight is 393 g/mol. The molecule has 27 heavy (non-hydrogen) atoms. The van der Waals surface area contributed by atoms with Crippen molar-refractivity contribution in [3.63, 3.8) is 0 Å². The van der Waals surface area contributed by atoms with E-state index in [0.717, 1.165) is 23.0 Å². The van der Waals surface area contributed by atoms with Gasteiger partial charge in [0.15, 0.2) is 0 Å². The number of fused-ring (bicyclic) bond motifs is 2. The summed E-state index contributed by atoms with van der Waals surface area (Å²) >= 11 is 4.07. The molecule has 0 aromatic heterocycles. The lowest BCUT2D eigenvalue weighted by Crippen LogP contribution is -2.13. The van der Waals surface area contributed by atoms with E-state index < -0.39 is 0 Å². The molecule has 0 unspecified atom stereocenters. The predicted octanol–water partition coefficient (Wildman–Crippen LogP) is 7.63. The van der Waals surface area contributed by atoms with Gasteiger partial charge in [0.1, 0.15) is 0 Å². The quantitative estimate of drug-likeness (QED) is 0.386. The van der Waals surface area contributed by atoms with Gasteiger partial charge in [0.25, 0.3) is 0 Å². The number of rotatable bonds is 0. The van der Waals surface area contributed by atoms with E-state index in [1.165, 1.54) is 44.2 Å². The molecular formula is C25H28S2. The summed E-state index contributed by atoms with van der Waals surface area (Å²) in [5, 5.41) is 2.73. The first-order chi connectivity index (χ1) is 12.9. The zero-order chi connectivity index (χ0) is 19.0. The fraction of sp³-hybridized carbons (Fsp3) is 0.360. The maximum atomic E-state index is 2.45. The minimum atomic E-state index is 0.191. The van der Waals surface area contributed by atoms with Gasteiger partial charge in [0.2, 0.25) is 0 Å². The Morgan fingerprint density at radius 2 is 1.15 bits per heavy atom. The molecule has 0 radical (unpaired) electrons. The lowest BCUT2D eigenvalue weighted by atomic mass is 9.84. The van der Waals surface area contributed by atoms with Crippen LogP contribution in [-0.2, 0) is 28.4 Å². The molecule has 3 aliphatic rings. The number of hydrogen-bond acceptors (Lipinski definition) is 2. The van der Waals surface area contributed by atoms with E-state index in [1.54, 1.807) is 0 Å². The van der Waals surface area contributed by atoms with Crippen molar-refractivity contribution in [1.82, 2.24) is 0 Å². The average Bonchev–Trinajstić information content (AvgIpc) is 2.63. The normalized spacial score (nSPS) is 15.3. The minimum absolute atomic E-state index is 0.191. The van der Waals surface area contributed by atoms with Crippen LogP contribution in [0.4, 0.5) is 0 Å². The van der Waals surface area contributed by atoms with Gasteiger partial charge < -0.3 is 0 Å². The van der Waals surface area contributed by atoms with Crippen molar-refractivity contribution >= 4 is 34.3 Å². The predicted molar refractivity (Wildman–Crippen MR) is 124 cm³/mol. The van der Waals surface area contributed by atoms with Crippen LogP contribution in [0.1, 0.15) is 54.2 Å². The van der Waals surface area contributed by atoms with Gasteiger partial charge in [-0.15, -0.1) is 0 Å². The molecule has 0 saturated carbocycles. The first-order valence-electron chi connectivity index (χ1n) is 9.70. The molecule has 3 heterocycles. The zero-order valence-electron chi connectivity index (χ0n) is 16.8. The van der Waals surface area contributed by atoms with Crippen LogP contribution in [0, 0.1) is 6.92 Å². The Hall–Kier alpha value is -1.38. The molecule has 0 nitrogen and oxygen atoms in total. The highest BCUT2D eigenvalue weighted by Crippen LogP contribution is 2.33. The highest BCUT2D eigenvalue weighted by atomic mass is 32.2. The van der Waals surface area contributed by atoms with Gasteiger partial charge in [-0.1, -0.05) is 69.3 Å². The second-order valence-corrected chi connectivity index (χ2v) is 10.6. The Kier molecular flexibility index (Phi) is 5.31. The Morgan fingerprint density at radius 3 is 1.59 bits per heavy atom. The van der Waals surface area contributed by atoms with Crippen LogP contribution in [0.2, 0.25) is 0 Å². The molecule has 3 aromatic rings. The van der Waals surface area contributed by atoms with E-state index in [9.17, 15) is 0 Å². The van der Waals surface area contributed by atoms with Crippen molar-refractivity contribution in [1.29, 1.82) is 0 Å². The molecule has 2 heteroatoms. The standard InChI is InChI=1S/C25H28S2/c1-17-22-11-24(25(2,3)4)12-23(17)16-27-14-19-6-8-21-9-18(13-26-15-22)5-7-20(21)10-19/h5-12H,13-16H2,1-4H3. The third-order valence-corrected chi connectivity index (χ3v) is 7.62. The number of thioether (sulfide) groups is 2. The molecule has 3 aromatic carbocycles. The largest absolute Gasteiger partial charge is 0.152 e. The Morgan fingerprint density at radius 1 is 0.667 bits per heavy atom. The minimum Gasteiger partial charge on any atom is -0.152 e. The lowest BCUT2D eigenvalue weighted by Gasteiger charge is -2.23. The van der Waals surface area contributed by atoms with Crippen LogP contribution in [0.5, 0.6) is 0 Å². The maximum absolute atomic E-state index is 2.45. The van der Waals surface area contributed by atoms with E-state index in [2.05, 4.69) is 76.2 Å². The van der Waals surface area contributed by atoms with Crippen molar-refractivity contribution < 1.29 is 0 Å². The zero-order valence-corrected chi connectivity index (χ0v) is 18.4. The molecule has 0 atom stereocenters.